The maximum absolute atomic E-state index is 8.90. The molecule has 0 spiro atoms. The molecule has 2 aromatic rings. The smallest absolute Gasteiger partial charge is 0.143 e. The summed E-state index contributed by atoms with van der Waals surface area (Å²) < 4.78 is 10.6. The molecule has 0 saturated carbocycles. The van der Waals surface area contributed by atoms with E-state index in [0.717, 1.165) is 22.6 Å². The van der Waals surface area contributed by atoms with Gasteiger partial charge in [0.15, 0.2) is 0 Å². The standard InChI is InChI=1S/C17H18N2O2/c1-12-8-14(5-7-16(12)20-2)11-19-15-6-4-13(10-18)9-17(15)21-3/h4-9,19H,11H2,1-3H3. The first-order chi connectivity index (χ1) is 10.2. The van der Waals surface area contributed by atoms with Crippen LogP contribution in [-0.4, -0.2) is 14.2 Å². The Labute approximate surface area is 124 Å². The molecule has 2 aromatic carbocycles. The number of rotatable bonds is 5. The Morgan fingerprint density at radius 3 is 2.43 bits per heavy atom. The number of nitriles is 1. The van der Waals surface area contributed by atoms with Crippen LogP contribution < -0.4 is 14.8 Å². The van der Waals surface area contributed by atoms with Crippen LogP contribution in [0.2, 0.25) is 0 Å². The van der Waals surface area contributed by atoms with E-state index in [1.165, 1.54) is 0 Å². The van der Waals surface area contributed by atoms with Crippen molar-refractivity contribution in [1.82, 2.24) is 0 Å². The average Bonchev–Trinajstić information content (AvgIpc) is 2.52. The molecule has 1 N–H and O–H groups in total. The van der Waals surface area contributed by atoms with E-state index in [4.69, 9.17) is 14.7 Å². The van der Waals surface area contributed by atoms with Gasteiger partial charge in [-0.1, -0.05) is 12.1 Å². The fourth-order valence-corrected chi connectivity index (χ4v) is 2.15. The van der Waals surface area contributed by atoms with E-state index in [2.05, 4.69) is 17.5 Å². The summed E-state index contributed by atoms with van der Waals surface area (Å²) in [6.45, 7) is 2.69. The van der Waals surface area contributed by atoms with Gasteiger partial charge < -0.3 is 14.8 Å². The molecule has 0 aliphatic rings. The third-order valence-corrected chi connectivity index (χ3v) is 3.27. The Kier molecular flexibility index (Phi) is 4.68. The molecule has 0 amide bonds. The van der Waals surface area contributed by atoms with Crippen molar-refractivity contribution < 1.29 is 9.47 Å². The van der Waals surface area contributed by atoms with E-state index >= 15 is 0 Å². The number of hydrogen-bond donors (Lipinski definition) is 1. The quantitative estimate of drug-likeness (QED) is 0.912. The fraction of sp³-hybridized carbons (Fsp3) is 0.235. The van der Waals surface area contributed by atoms with Gasteiger partial charge in [0.25, 0.3) is 0 Å². The Balaban J connectivity index is 2.13. The maximum Gasteiger partial charge on any atom is 0.143 e. The van der Waals surface area contributed by atoms with E-state index in [1.54, 1.807) is 26.4 Å². The van der Waals surface area contributed by atoms with Crippen molar-refractivity contribution in [2.75, 3.05) is 19.5 Å². The zero-order valence-electron chi connectivity index (χ0n) is 12.4. The molecule has 108 valence electrons. The van der Waals surface area contributed by atoms with Crippen molar-refractivity contribution in [2.45, 2.75) is 13.5 Å². The van der Waals surface area contributed by atoms with Gasteiger partial charge in [-0.05, 0) is 36.2 Å². The van der Waals surface area contributed by atoms with Crippen LogP contribution in [0.25, 0.3) is 0 Å². The molecule has 0 saturated heterocycles. The molecule has 0 fully saturated rings. The summed E-state index contributed by atoms with van der Waals surface area (Å²) >= 11 is 0. The van der Waals surface area contributed by atoms with Gasteiger partial charge in [0.1, 0.15) is 11.5 Å². The van der Waals surface area contributed by atoms with Gasteiger partial charge in [0.05, 0.1) is 31.5 Å². The van der Waals surface area contributed by atoms with Gasteiger partial charge in [-0.3, -0.25) is 0 Å². The summed E-state index contributed by atoms with van der Waals surface area (Å²) in [4.78, 5) is 0. The lowest BCUT2D eigenvalue weighted by Gasteiger charge is -2.12. The van der Waals surface area contributed by atoms with E-state index in [9.17, 15) is 0 Å². The number of hydrogen-bond acceptors (Lipinski definition) is 4. The molecule has 0 bridgehead atoms. The molecule has 0 atom stereocenters. The van der Waals surface area contributed by atoms with Crippen LogP contribution in [0.1, 0.15) is 16.7 Å². The molecule has 4 nitrogen and oxygen atoms in total. The van der Waals surface area contributed by atoms with Crippen molar-refractivity contribution in [3.63, 3.8) is 0 Å². The summed E-state index contributed by atoms with van der Waals surface area (Å²) in [6, 6.07) is 13.5. The zero-order chi connectivity index (χ0) is 15.2. The Hall–Kier alpha value is -2.67. The summed E-state index contributed by atoms with van der Waals surface area (Å²) in [5.41, 5.74) is 3.70. The molecule has 21 heavy (non-hydrogen) atoms. The monoisotopic (exact) mass is 282 g/mol. The van der Waals surface area contributed by atoms with Gasteiger partial charge in [0, 0.05) is 12.6 Å². The van der Waals surface area contributed by atoms with Gasteiger partial charge in [0.2, 0.25) is 0 Å². The molecule has 0 radical (unpaired) electrons. The summed E-state index contributed by atoms with van der Waals surface area (Å²) in [5.74, 6) is 1.55. The first-order valence-corrected chi connectivity index (χ1v) is 6.63. The van der Waals surface area contributed by atoms with Crippen LogP contribution in [0.5, 0.6) is 11.5 Å². The minimum Gasteiger partial charge on any atom is -0.496 e. The van der Waals surface area contributed by atoms with E-state index in [0.29, 0.717) is 17.9 Å². The number of aryl methyl sites for hydroxylation is 1. The molecule has 0 heterocycles. The van der Waals surface area contributed by atoms with E-state index in [-0.39, 0.29) is 0 Å². The second-order valence-electron chi connectivity index (χ2n) is 4.68. The van der Waals surface area contributed by atoms with Crippen LogP contribution in [0.3, 0.4) is 0 Å². The largest absolute Gasteiger partial charge is 0.496 e. The van der Waals surface area contributed by atoms with E-state index < -0.39 is 0 Å². The van der Waals surface area contributed by atoms with Crippen LogP contribution in [0.4, 0.5) is 5.69 Å². The van der Waals surface area contributed by atoms with Gasteiger partial charge in [-0.2, -0.15) is 5.26 Å². The number of anilines is 1. The lowest BCUT2D eigenvalue weighted by atomic mass is 10.1. The van der Waals surface area contributed by atoms with Crippen molar-refractivity contribution in [1.29, 1.82) is 5.26 Å². The third-order valence-electron chi connectivity index (χ3n) is 3.27. The third kappa shape index (κ3) is 3.46. The summed E-state index contributed by atoms with van der Waals surface area (Å²) in [7, 11) is 3.26. The van der Waals surface area contributed by atoms with Crippen LogP contribution in [0.15, 0.2) is 36.4 Å². The Bertz CT molecular complexity index is 675. The molecule has 0 unspecified atom stereocenters. The molecular formula is C17H18N2O2. The minimum absolute atomic E-state index is 0.581. The lowest BCUT2D eigenvalue weighted by Crippen LogP contribution is -2.02. The molecule has 0 aliphatic carbocycles. The topological polar surface area (TPSA) is 54.3 Å². The molecule has 0 aromatic heterocycles. The maximum atomic E-state index is 8.90. The second kappa shape index (κ2) is 6.67. The number of nitrogens with one attached hydrogen (secondary N) is 1. The first-order valence-electron chi connectivity index (χ1n) is 6.63. The summed E-state index contributed by atoms with van der Waals surface area (Å²) in [6.07, 6.45) is 0. The highest BCUT2D eigenvalue weighted by Gasteiger charge is 2.05. The highest BCUT2D eigenvalue weighted by atomic mass is 16.5. The predicted molar refractivity (Wildman–Crippen MR) is 82.8 cm³/mol. The highest BCUT2D eigenvalue weighted by molar-refractivity contribution is 5.59. The first kappa shape index (κ1) is 14.7. The number of ether oxygens (including phenoxy) is 2. The van der Waals surface area contributed by atoms with Crippen molar-refractivity contribution in [3.8, 4) is 17.6 Å². The average molecular weight is 282 g/mol. The van der Waals surface area contributed by atoms with Gasteiger partial charge in [-0.25, -0.2) is 0 Å². The predicted octanol–water partition coefficient (Wildman–Crippen LogP) is 3.50. The van der Waals surface area contributed by atoms with Gasteiger partial charge in [-0.15, -0.1) is 0 Å². The van der Waals surface area contributed by atoms with Crippen molar-refractivity contribution >= 4 is 5.69 Å². The molecular weight excluding hydrogens is 264 g/mol. The van der Waals surface area contributed by atoms with Crippen LogP contribution in [-0.2, 0) is 6.54 Å². The van der Waals surface area contributed by atoms with E-state index in [1.807, 2.05) is 25.1 Å². The molecule has 2 rings (SSSR count). The highest BCUT2D eigenvalue weighted by Crippen LogP contribution is 2.26. The number of nitrogens with zero attached hydrogens (tertiary/aromatic N) is 1. The Morgan fingerprint density at radius 2 is 1.81 bits per heavy atom. The SMILES string of the molecule is COc1ccc(CNc2ccc(C#N)cc2OC)cc1C. The molecule has 4 heteroatoms. The summed E-state index contributed by atoms with van der Waals surface area (Å²) in [5, 5.41) is 12.2. The van der Waals surface area contributed by atoms with Crippen molar-refractivity contribution in [3.05, 3.63) is 53.1 Å². The zero-order valence-corrected chi connectivity index (χ0v) is 12.4. The number of methoxy groups -OCH3 is 2. The van der Waals surface area contributed by atoms with Crippen LogP contribution >= 0.6 is 0 Å². The fourth-order valence-electron chi connectivity index (χ4n) is 2.15. The molecule has 0 aliphatic heterocycles. The second-order valence-corrected chi connectivity index (χ2v) is 4.68. The van der Waals surface area contributed by atoms with Crippen molar-refractivity contribution in [2.24, 2.45) is 0 Å². The number of benzene rings is 2. The normalized spacial score (nSPS) is 9.81. The minimum atomic E-state index is 0.581. The Morgan fingerprint density at radius 1 is 1.05 bits per heavy atom. The lowest BCUT2D eigenvalue weighted by molar-refractivity contribution is 0.411. The van der Waals surface area contributed by atoms with Crippen LogP contribution in [0, 0.1) is 18.3 Å². The van der Waals surface area contributed by atoms with Gasteiger partial charge >= 0.3 is 0 Å².